The topological polar surface area (TPSA) is 56.0 Å². The highest BCUT2D eigenvalue weighted by Crippen LogP contribution is 2.34. The highest BCUT2D eigenvalue weighted by atomic mass is 35.5. The molecule has 1 amide bonds. The van der Waals surface area contributed by atoms with Gasteiger partial charge in [0.25, 0.3) is 0 Å². The molecule has 0 aliphatic carbocycles. The van der Waals surface area contributed by atoms with Crippen LogP contribution < -0.4 is 0 Å². The highest BCUT2D eigenvalue weighted by molar-refractivity contribution is 6.32. The van der Waals surface area contributed by atoms with Gasteiger partial charge in [-0.1, -0.05) is 24.9 Å². The number of benzene rings is 1. The van der Waals surface area contributed by atoms with Crippen LogP contribution in [0.25, 0.3) is 22.4 Å². The minimum atomic E-state index is -0.349. The number of nitrogens with zero attached hydrogens (tertiary/aromatic N) is 5. The largest absolute Gasteiger partial charge is 0.324 e. The van der Waals surface area contributed by atoms with Gasteiger partial charge in [0.15, 0.2) is 0 Å². The van der Waals surface area contributed by atoms with E-state index in [0.717, 1.165) is 30.6 Å². The molecule has 3 aromatic rings. The zero-order chi connectivity index (χ0) is 20.0. The van der Waals surface area contributed by atoms with Gasteiger partial charge in [-0.3, -0.25) is 9.48 Å². The molecule has 1 aliphatic rings. The number of aryl methyl sites for hydroxylation is 2. The summed E-state index contributed by atoms with van der Waals surface area (Å²) >= 11 is 6.48. The molecule has 1 unspecified atom stereocenters. The first-order valence-electron chi connectivity index (χ1n) is 9.52. The molecule has 148 valence electrons. The maximum absolute atomic E-state index is 13.8. The highest BCUT2D eigenvalue weighted by Gasteiger charge is 2.30. The second-order valence-electron chi connectivity index (χ2n) is 7.49. The van der Waals surface area contributed by atoms with Gasteiger partial charge >= 0.3 is 0 Å². The molecule has 28 heavy (non-hydrogen) atoms. The van der Waals surface area contributed by atoms with Gasteiger partial charge in [0, 0.05) is 26.1 Å². The van der Waals surface area contributed by atoms with E-state index in [1.807, 2.05) is 16.4 Å². The zero-order valence-electron chi connectivity index (χ0n) is 16.2. The van der Waals surface area contributed by atoms with Crippen LogP contribution in [0.5, 0.6) is 0 Å². The molecule has 0 spiro atoms. The summed E-state index contributed by atoms with van der Waals surface area (Å²) in [6.45, 7) is 5.09. The van der Waals surface area contributed by atoms with E-state index in [0.29, 0.717) is 41.1 Å². The van der Waals surface area contributed by atoms with E-state index in [1.165, 1.54) is 12.1 Å². The number of hydrogen-bond acceptors (Lipinski definition) is 3. The number of halogens is 2. The van der Waals surface area contributed by atoms with Crippen molar-refractivity contribution >= 4 is 28.5 Å². The summed E-state index contributed by atoms with van der Waals surface area (Å²) in [6.07, 6.45) is 2.68. The standard InChI is InChI=1S/C20H23ClFN5O/c1-4-5-13-8-17(28)26(10-13)11-27-16-7-6-14(22)9-15(16)23-20(27)18-12(2)24-25(3)19(18)21/h6-7,9,13H,4-5,8,10-11H2,1-3H3. The Bertz CT molecular complexity index is 1060. The fraction of sp³-hybridized carbons (Fsp3) is 0.450. The van der Waals surface area contributed by atoms with Crippen molar-refractivity contribution in [1.29, 1.82) is 0 Å². The van der Waals surface area contributed by atoms with Crippen LogP contribution in [0, 0.1) is 18.7 Å². The van der Waals surface area contributed by atoms with Crippen LogP contribution in [0.15, 0.2) is 18.2 Å². The van der Waals surface area contributed by atoms with E-state index in [-0.39, 0.29) is 11.7 Å². The number of carbonyl (C=O) groups excluding carboxylic acids is 1. The third-order valence-electron chi connectivity index (χ3n) is 5.39. The van der Waals surface area contributed by atoms with Crippen molar-refractivity contribution in [3.05, 3.63) is 34.9 Å². The number of imidazole rings is 1. The van der Waals surface area contributed by atoms with Gasteiger partial charge in [0.05, 0.1) is 29.0 Å². The average molecular weight is 404 g/mol. The summed E-state index contributed by atoms with van der Waals surface area (Å²) in [4.78, 5) is 19.1. The van der Waals surface area contributed by atoms with Crippen LogP contribution >= 0.6 is 11.6 Å². The molecule has 6 nitrogen and oxygen atoms in total. The lowest BCUT2D eigenvalue weighted by molar-refractivity contribution is -0.129. The maximum Gasteiger partial charge on any atom is 0.224 e. The Kier molecular flexibility index (Phi) is 4.87. The van der Waals surface area contributed by atoms with E-state index in [2.05, 4.69) is 17.0 Å². The second kappa shape index (κ2) is 7.20. The van der Waals surface area contributed by atoms with E-state index in [9.17, 15) is 9.18 Å². The quantitative estimate of drug-likeness (QED) is 0.643. The first-order chi connectivity index (χ1) is 13.4. The number of rotatable bonds is 5. The lowest BCUT2D eigenvalue weighted by Gasteiger charge is -2.19. The number of amides is 1. The Morgan fingerprint density at radius 2 is 2.14 bits per heavy atom. The Hall–Kier alpha value is -2.41. The van der Waals surface area contributed by atoms with Crippen molar-refractivity contribution < 1.29 is 9.18 Å². The van der Waals surface area contributed by atoms with E-state index in [1.54, 1.807) is 17.8 Å². The van der Waals surface area contributed by atoms with Crippen LogP contribution in [0.4, 0.5) is 4.39 Å². The van der Waals surface area contributed by atoms with Gasteiger partial charge < -0.3 is 9.47 Å². The molecule has 2 aromatic heterocycles. The van der Waals surface area contributed by atoms with Crippen LogP contribution in [-0.2, 0) is 18.5 Å². The van der Waals surface area contributed by atoms with Crippen molar-refractivity contribution in [3.63, 3.8) is 0 Å². The van der Waals surface area contributed by atoms with Crippen molar-refractivity contribution in [3.8, 4) is 11.4 Å². The molecule has 1 saturated heterocycles. The van der Waals surface area contributed by atoms with Crippen LogP contribution in [0.3, 0.4) is 0 Å². The minimum absolute atomic E-state index is 0.141. The third kappa shape index (κ3) is 3.17. The fourth-order valence-corrected chi connectivity index (χ4v) is 4.34. The monoisotopic (exact) mass is 403 g/mol. The smallest absolute Gasteiger partial charge is 0.224 e. The minimum Gasteiger partial charge on any atom is -0.324 e. The van der Waals surface area contributed by atoms with Gasteiger partial charge in [-0.15, -0.1) is 0 Å². The second-order valence-corrected chi connectivity index (χ2v) is 7.85. The fourth-order valence-electron chi connectivity index (χ4n) is 4.08. The molecule has 1 atom stereocenters. The number of likely N-dealkylation sites (tertiary alicyclic amines) is 1. The zero-order valence-corrected chi connectivity index (χ0v) is 17.0. The Labute approximate surface area is 167 Å². The SMILES string of the molecule is CCCC1CC(=O)N(Cn2c(-c3c(C)nn(C)c3Cl)nc3cc(F)ccc32)C1. The normalized spacial score (nSPS) is 17.2. The summed E-state index contributed by atoms with van der Waals surface area (Å²) in [5.41, 5.74) is 2.74. The van der Waals surface area contributed by atoms with Crippen LogP contribution in [-0.4, -0.2) is 36.7 Å². The number of carbonyl (C=O) groups is 1. The summed E-state index contributed by atoms with van der Waals surface area (Å²) in [6, 6.07) is 4.51. The summed E-state index contributed by atoms with van der Waals surface area (Å²) < 4.78 is 17.3. The Balaban J connectivity index is 1.81. The van der Waals surface area contributed by atoms with Gasteiger partial charge in [-0.05, 0) is 31.4 Å². The van der Waals surface area contributed by atoms with Crippen molar-refractivity contribution in [2.24, 2.45) is 13.0 Å². The summed E-state index contributed by atoms with van der Waals surface area (Å²) in [7, 11) is 1.77. The first kappa shape index (κ1) is 18.9. The van der Waals surface area contributed by atoms with Gasteiger partial charge in [0.1, 0.15) is 16.8 Å². The third-order valence-corrected chi connectivity index (χ3v) is 5.82. The molecule has 1 aliphatic heterocycles. The van der Waals surface area contributed by atoms with Crippen molar-refractivity contribution in [2.45, 2.75) is 39.8 Å². The molecule has 0 radical (unpaired) electrons. The average Bonchev–Trinajstić information content (AvgIpc) is 3.23. The van der Waals surface area contributed by atoms with Gasteiger partial charge in [-0.2, -0.15) is 5.10 Å². The predicted octanol–water partition coefficient (Wildman–Crippen LogP) is 4.14. The molecule has 0 bridgehead atoms. The van der Waals surface area contributed by atoms with Gasteiger partial charge in [-0.25, -0.2) is 9.37 Å². The van der Waals surface area contributed by atoms with Crippen molar-refractivity contribution in [2.75, 3.05) is 6.54 Å². The van der Waals surface area contributed by atoms with E-state index >= 15 is 0 Å². The number of hydrogen-bond donors (Lipinski definition) is 0. The van der Waals surface area contributed by atoms with Crippen molar-refractivity contribution in [1.82, 2.24) is 24.2 Å². The lowest BCUT2D eigenvalue weighted by Crippen LogP contribution is -2.28. The van der Waals surface area contributed by atoms with Gasteiger partial charge in [0.2, 0.25) is 5.91 Å². The van der Waals surface area contributed by atoms with E-state index in [4.69, 9.17) is 11.6 Å². The molecular formula is C20H23ClFN5O. The van der Waals surface area contributed by atoms with Crippen LogP contribution in [0.1, 0.15) is 31.9 Å². The van der Waals surface area contributed by atoms with Crippen LogP contribution in [0.2, 0.25) is 5.15 Å². The molecule has 1 fully saturated rings. The molecule has 4 rings (SSSR count). The lowest BCUT2D eigenvalue weighted by atomic mass is 10.0. The molecule has 0 N–H and O–H groups in total. The van der Waals surface area contributed by atoms with E-state index < -0.39 is 0 Å². The molecule has 3 heterocycles. The molecular weight excluding hydrogens is 381 g/mol. The predicted molar refractivity (Wildman–Crippen MR) is 106 cm³/mol. The number of fused-ring (bicyclic) bond motifs is 1. The summed E-state index contributed by atoms with van der Waals surface area (Å²) in [5.74, 6) is 0.778. The molecule has 8 heteroatoms. The summed E-state index contributed by atoms with van der Waals surface area (Å²) in [5, 5.41) is 4.84. The number of aromatic nitrogens is 4. The Morgan fingerprint density at radius 1 is 1.36 bits per heavy atom. The Morgan fingerprint density at radius 3 is 2.82 bits per heavy atom. The first-order valence-corrected chi connectivity index (χ1v) is 9.89. The molecule has 1 aromatic carbocycles. The maximum atomic E-state index is 13.8. The molecule has 0 saturated carbocycles.